The lowest BCUT2D eigenvalue weighted by Crippen LogP contribution is -1.94. The summed E-state index contributed by atoms with van der Waals surface area (Å²) < 4.78 is 0. The fraction of sp³-hybridized carbons (Fsp3) is 0.0556. The zero-order valence-electron chi connectivity index (χ0n) is 11.8. The van der Waals surface area contributed by atoms with Crippen molar-refractivity contribution in [2.75, 3.05) is 0 Å². The van der Waals surface area contributed by atoms with Crippen LogP contribution < -0.4 is 0 Å². The molecule has 0 aliphatic carbocycles. The number of carbonyl (C=O) groups is 1. The van der Waals surface area contributed by atoms with Crippen LogP contribution in [0.1, 0.15) is 28.4 Å². The topological polar surface area (TPSA) is 80.4 Å². The molecule has 2 aromatic carbocycles. The van der Waals surface area contributed by atoms with E-state index in [0.717, 1.165) is 5.56 Å². The molecule has 0 amide bonds. The van der Waals surface area contributed by atoms with Crippen LogP contribution in [-0.4, -0.2) is 10.8 Å². The lowest BCUT2D eigenvalue weighted by atomic mass is 10.00. The molecule has 0 aliphatic heterocycles. The van der Waals surface area contributed by atoms with E-state index < -0.39 is 0 Å². The van der Waals surface area contributed by atoms with Crippen molar-refractivity contribution in [1.29, 1.82) is 10.5 Å². The second-order valence-electron chi connectivity index (χ2n) is 4.96. The quantitative estimate of drug-likeness (QED) is 0.727. The van der Waals surface area contributed by atoms with E-state index in [4.69, 9.17) is 10.5 Å². The second kappa shape index (κ2) is 5.20. The number of rotatable bonds is 2. The molecule has 4 heteroatoms. The van der Waals surface area contributed by atoms with E-state index in [1.165, 1.54) is 6.92 Å². The Labute approximate surface area is 127 Å². The molecule has 0 atom stereocenters. The summed E-state index contributed by atoms with van der Waals surface area (Å²) in [5, 5.41) is 19.0. The number of Topliss-reactive ketones (excluding diaryl/α,β-unsaturated/α-hetero) is 1. The Hall–Kier alpha value is -3.37. The Balaban J connectivity index is 2.41. The van der Waals surface area contributed by atoms with Gasteiger partial charge in [-0.3, -0.25) is 4.79 Å². The van der Waals surface area contributed by atoms with Crippen molar-refractivity contribution in [2.24, 2.45) is 0 Å². The molecule has 22 heavy (non-hydrogen) atoms. The standard InChI is InChI=1S/C18H11N3O/c1-11(22)17-15-7-13(9-19)14(10-20)8-16(15)21-18(17)12-5-3-2-4-6-12/h2-8,21H,1H3. The van der Waals surface area contributed by atoms with Gasteiger partial charge >= 0.3 is 0 Å². The average molecular weight is 285 g/mol. The average Bonchev–Trinajstić information content (AvgIpc) is 2.92. The number of hydrogen-bond acceptors (Lipinski definition) is 3. The fourth-order valence-electron chi connectivity index (χ4n) is 2.61. The normalized spacial score (nSPS) is 10.1. The van der Waals surface area contributed by atoms with Crippen LogP contribution in [0, 0.1) is 22.7 Å². The largest absolute Gasteiger partial charge is 0.354 e. The van der Waals surface area contributed by atoms with Gasteiger partial charge in [0, 0.05) is 10.9 Å². The SMILES string of the molecule is CC(=O)c1c(-c2ccccc2)[nH]c2cc(C#N)c(C#N)cc12. The maximum absolute atomic E-state index is 12.1. The Kier molecular flexibility index (Phi) is 3.21. The van der Waals surface area contributed by atoms with Crippen molar-refractivity contribution in [3.05, 3.63) is 59.2 Å². The number of benzene rings is 2. The van der Waals surface area contributed by atoms with Crippen LogP contribution in [-0.2, 0) is 0 Å². The van der Waals surface area contributed by atoms with Gasteiger partial charge in [-0.15, -0.1) is 0 Å². The molecular weight excluding hydrogens is 274 g/mol. The molecule has 0 saturated heterocycles. The van der Waals surface area contributed by atoms with E-state index in [-0.39, 0.29) is 11.3 Å². The lowest BCUT2D eigenvalue weighted by Gasteiger charge is -2.01. The molecule has 0 fully saturated rings. The van der Waals surface area contributed by atoms with Gasteiger partial charge in [0.1, 0.15) is 12.1 Å². The number of hydrogen-bond donors (Lipinski definition) is 1. The van der Waals surface area contributed by atoms with Crippen molar-refractivity contribution in [3.63, 3.8) is 0 Å². The minimum absolute atomic E-state index is 0.0845. The predicted octanol–water partition coefficient (Wildman–Crippen LogP) is 3.78. The van der Waals surface area contributed by atoms with Gasteiger partial charge in [-0.1, -0.05) is 30.3 Å². The second-order valence-corrected chi connectivity index (χ2v) is 4.96. The van der Waals surface area contributed by atoms with E-state index in [9.17, 15) is 4.79 Å². The number of aromatic nitrogens is 1. The number of nitriles is 2. The number of fused-ring (bicyclic) bond motifs is 1. The van der Waals surface area contributed by atoms with Crippen molar-refractivity contribution in [3.8, 4) is 23.4 Å². The Morgan fingerprint density at radius 3 is 2.27 bits per heavy atom. The summed E-state index contributed by atoms with van der Waals surface area (Å²) in [6.07, 6.45) is 0. The first-order chi connectivity index (χ1) is 10.7. The molecular formula is C18H11N3O. The van der Waals surface area contributed by atoms with Crippen LogP contribution in [0.2, 0.25) is 0 Å². The smallest absolute Gasteiger partial charge is 0.162 e. The highest BCUT2D eigenvalue weighted by atomic mass is 16.1. The van der Waals surface area contributed by atoms with Crippen molar-refractivity contribution < 1.29 is 4.79 Å². The minimum atomic E-state index is -0.0845. The summed E-state index contributed by atoms with van der Waals surface area (Å²) in [6.45, 7) is 1.50. The Morgan fingerprint density at radius 1 is 1.05 bits per heavy atom. The monoisotopic (exact) mass is 285 g/mol. The van der Waals surface area contributed by atoms with Gasteiger partial charge < -0.3 is 4.98 Å². The zero-order valence-corrected chi connectivity index (χ0v) is 11.8. The van der Waals surface area contributed by atoms with Gasteiger partial charge in [0.2, 0.25) is 0 Å². The highest BCUT2D eigenvalue weighted by Crippen LogP contribution is 2.32. The summed E-state index contributed by atoms with van der Waals surface area (Å²) in [7, 11) is 0. The molecule has 1 aromatic heterocycles. The molecule has 1 heterocycles. The molecule has 3 aromatic rings. The van der Waals surface area contributed by atoms with Crippen LogP contribution in [0.5, 0.6) is 0 Å². The molecule has 0 bridgehead atoms. The molecule has 0 unspecified atom stereocenters. The van der Waals surface area contributed by atoms with Crippen LogP contribution in [0.25, 0.3) is 22.2 Å². The van der Waals surface area contributed by atoms with Gasteiger partial charge in [-0.25, -0.2) is 0 Å². The van der Waals surface area contributed by atoms with Gasteiger partial charge in [-0.05, 0) is 24.6 Å². The zero-order chi connectivity index (χ0) is 15.7. The molecule has 1 N–H and O–H groups in total. The summed E-state index contributed by atoms with van der Waals surface area (Å²) in [5.41, 5.74) is 3.40. The Morgan fingerprint density at radius 2 is 1.68 bits per heavy atom. The summed E-state index contributed by atoms with van der Waals surface area (Å²) in [4.78, 5) is 15.3. The number of nitrogens with zero attached hydrogens (tertiary/aromatic N) is 2. The van der Waals surface area contributed by atoms with E-state index in [1.54, 1.807) is 12.1 Å². The lowest BCUT2D eigenvalue weighted by molar-refractivity contribution is 0.102. The Bertz CT molecular complexity index is 969. The van der Waals surface area contributed by atoms with E-state index in [2.05, 4.69) is 4.98 Å². The molecule has 3 rings (SSSR count). The number of nitrogens with one attached hydrogen (secondary N) is 1. The maximum atomic E-state index is 12.1. The summed E-state index contributed by atoms with van der Waals surface area (Å²) >= 11 is 0. The van der Waals surface area contributed by atoms with Crippen LogP contribution >= 0.6 is 0 Å². The molecule has 0 radical (unpaired) electrons. The van der Waals surface area contributed by atoms with Crippen molar-refractivity contribution >= 4 is 16.7 Å². The minimum Gasteiger partial charge on any atom is -0.354 e. The molecule has 104 valence electrons. The molecule has 0 spiro atoms. The summed E-state index contributed by atoms with van der Waals surface area (Å²) in [6, 6.07) is 16.8. The third kappa shape index (κ3) is 2.04. The van der Waals surface area contributed by atoms with Crippen LogP contribution in [0.4, 0.5) is 0 Å². The van der Waals surface area contributed by atoms with E-state index in [1.807, 2.05) is 42.5 Å². The van der Waals surface area contributed by atoms with Gasteiger partial charge in [0.25, 0.3) is 0 Å². The van der Waals surface area contributed by atoms with E-state index in [0.29, 0.717) is 27.7 Å². The maximum Gasteiger partial charge on any atom is 0.162 e. The van der Waals surface area contributed by atoms with Gasteiger partial charge in [0.05, 0.1) is 22.4 Å². The van der Waals surface area contributed by atoms with Crippen LogP contribution in [0.3, 0.4) is 0 Å². The molecule has 4 nitrogen and oxygen atoms in total. The van der Waals surface area contributed by atoms with Crippen molar-refractivity contribution in [1.82, 2.24) is 4.98 Å². The number of H-pyrrole nitrogens is 1. The fourth-order valence-corrected chi connectivity index (χ4v) is 2.61. The highest BCUT2D eigenvalue weighted by Gasteiger charge is 2.18. The molecule has 0 aliphatic rings. The number of carbonyl (C=O) groups excluding carboxylic acids is 1. The number of aromatic amines is 1. The first kappa shape index (κ1) is 13.6. The summed E-state index contributed by atoms with van der Waals surface area (Å²) in [5.74, 6) is -0.0845. The first-order valence-electron chi connectivity index (χ1n) is 6.72. The van der Waals surface area contributed by atoms with Gasteiger partial charge in [-0.2, -0.15) is 10.5 Å². The predicted molar refractivity (Wildman–Crippen MR) is 83.2 cm³/mol. The van der Waals surface area contributed by atoms with E-state index >= 15 is 0 Å². The van der Waals surface area contributed by atoms with Gasteiger partial charge in [0.15, 0.2) is 5.78 Å². The number of ketones is 1. The van der Waals surface area contributed by atoms with Crippen molar-refractivity contribution in [2.45, 2.75) is 6.92 Å². The third-order valence-electron chi connectivity index (χ3n) is 3.59. The first-order valence-corrected chi connectivity index (χ1v) is 6.72. The molecule has 0 saturated carbocycles. The van der Waals surface area contributed by atoms with Crippen LogP contribution in [0.15, 0.2) is 42.5 Å². The third-order valence-corrected chi connectivity index (χ3v) is 3.59. The highest BCUT2D eigenvalue weighted by molar-refractivity contribution is 6.12.